The number of halogens is 2. The molecule has 2 aliphatic carbocycles. The Balaban J connectivity index is 1.36. The molecular weight excluding hydrogens is 531 g/mol. The number of hydrogen-bond acceptors (Lipinski definition) is 4. The van der Waals surface area contributed by atoms with Crippen molar-refractivity contribution in [2.75, 3.05) is 5.32 Å². The minimum atomic E-state index is -0.587. The number of amides is 1. The summed E-state index contributed by atoms with van der Waals surface area (Å²) in [6.07, 6.45) is 5.49. The third kappa shape index (κ3) is 4.46. The Morgan fingerprint density at radius 2 is 1.88 bits per heavy atom. The number of aromatic amines is 1. The fourth-order valence-electron chi connectivity index (χ4n) is 5.33. The second-order valence-corrected chi connectivity index (χ2v) is 11.5. The van der Waals surface area contributed by atoms with Crippen LogP contribution >= 0.6 is 11.6 Å². The second kappa shape index (κ2) is 9.55. The monoisotopic (exact) mass is 558 g/mol. The van der Waals surface area contributed by atoms with E-state index in [0.29, 0.717) is 28.2 Å². The molecule has 2 atom stereocenters. The lowest BCUT2D eigenvalue weighted by Gasteiger charge is -2.17. The molecule has 3 heterocycles. The van der Waals surface area contributed by atoms with Crippen LogP contribution in [-0.4, -0.2) is 20.4 Å². The molecule has 0 spiro atoms. The van der Waals surface area contributed by atoms with Gasteiger partial charge in [-0.15, -0.1) is 0 Å². The van der Waals surface area contributed by atoms with E-state index < -0.39 is 11.2 Å². The lowest BCUT2D eigenvalue weighted by molar-refractivity contribution is -0.120. The zero-order valence-electron chi connectivity index (χ0n) is 22.3. The summed E-state index contributed by atoms with van der Waals surface area (Å²) in [7, 11) is 0. The molecule has 40 heavy (non-hydrogen) atoms. The quantitative estimate of drug-likeness (QED) is 0.303. The summed E-state index contributed by atoms with van der Waals surface area (Å²) in [6, 6.07) is 11.9. The summed E-state index contributed by atoms with van der Waals surface area (Å²) >= 11 is 6.66. The summed E-state index contributed by atoms with van der Waals surface area (Å²) in [5, 5.41) is 2.82. The molecule has 7 nitrogen and oxygen atoms in total. The molecule has 2 aliphatic rings. The molecule has 3 aromatic heterocycles. The summed E-state index contributed by atoms with van der Waals surface area (Å²) < 4.78 is 17.1. The summed E-state index contributed by atoms with van der Waals surface area (Å²) in [5.41, 5.74) is 2.98. The zero-order valence-corrected chi connectivity index (χ0v) is 23.1. The highest BCUT2D eigenvalue weighted by Crippen LogP contribution is 2.55. The number of carbonyl (C=O) groups is 1. The topological polar surface area (TPSA) is 96.8 Å². The van der Waals surface area contributed by atoms with Gasteiger partial charge in [0.15, 0.2) is 5.82 Å². The van der Waals surface area contributed by atoms with Gasteiger partial charge in [-0.3, -0.25) is 23.9 Å². The summed E-state index contributed by atoms with van der Waals surface area (Å²) in [6.45, 7) is 5.50. The van der Waals surface area contributed by atoms with Gasteiger partial charge in [0, 0.05) is 34.6 Å². The number of hydrogen-bond donors (Lipinski definition) is 2. The maximum absolute atomic E-state index is 15.6. The molecule has 0 bridgehead atoms. The van der Waals surface area contributed by atoms with Gasteiger partial charge in [0.1, 0.15) is 5.02 Å². The fourth-order valence-corrected chi connectivity index (χ4v) is 5.61. The van der Waals surface area contributed by atoms with E-state index in [1.807, 2.05) is 26.8 Å². The van der Waals surface area contributed by atoms with Crippen LogP contribution < -0.4 is 16.4 Å². The SMILES string of the molecule is Cc1cnc(-c2cccc(NC(=O)C3(C)CC3)c2F)cc1-n1c(C)cc([C@@H]2CC2c2ccc[nH]c2=O)c(Cl)c1=O. The van der Waals surface area contributed by atoms with Crippen molar-refractivity contribution in [1.29, 1.82) is 0 Å². The normalized spacial score (nSPS) is 18.8. The second-order valence-electron chi connectivity index (χ2n) is 11.1. The summed E-state index contributed by atoms with van der Waals surface area (Å²) in [4.78, 5) is 45.5. The van der Waals surface area contributed by atoms with Crippen LogP contribution in [0.1, 0.15) is 60.4 Å². The van der Waals surface area contributed by atoms with Crippen LogP contribution in [0.25, 0.3) is 16.9 Å². The zero-order chi connectivity index (χ0) is 28.3. The maximum Gasteiger partial charge on any atom is 0.274 e. The van der Waals surface area contributed by atoms with Crippen LogP contribution in [0.4, 0.5) is 10.1 Å². The van der Waals surface area contributed by atoms with Crippen molar-refractivity contribution in [3.05, 3.63) is 109 Å². The van der Waals surface area contributed by atoms with Crippen molar-refractivity contribution in [3.8, 4) is 16.9 Å². The van der Waals surface area contributed by atoms with Gasteiger partial charge < -0.3 is 10.3 Å². The average Bonchev–Trinajstić information content (AvgIpc) is 3.86. The molecule has 0 saturated heterocycles. The minimum Gasteiger partial charge on any atom is -0.329 e. The molecule has 2 N–H and O–H groups in total. The highest BCUT2D eigenvalue weighted by molar-refractivity contribution is 6.31. The van der Waals surface area contributed by atoms with E-state index in [2.05, 4.69) is 15.3 Å². The van der Waals surface area contributed by atoms with Gasteiger partial charge in [-0.05, 0) is 86.4 Å². The molecule has 6 rings (SSSR count). The molecule has 2 saturated carbocycles. The third-order valence-corrected chi connectivity index (χ3v) is 8.57. The molecule has 9 heteroatoms. The molecule has 1 unspecified atom stereocenters. The van der Waals surface area contributed by atoms with Gasteiger partial charge in [0.25, 0.3) is 11.1 Å². The number of aryl methyl sites for hydroxylation is 2. The van der Waals surface area contributed by atoms with E-state index in [1.54, 1.807) is 42.7 Å². The standard InChI is InChI=1S/C31H28ClFN4O3/c1-16-15-35-24(19-6-4-8-23(27(19)33)36-30(40)31(3)9-10-31)14-25(16)37-17(2)12-22(26(32)29(37)39)21-13-20(21)18-7-5-11-34-28(18)38/h4-8,11-12,14-15,20-21H,9-10,13H2,1-3H3,(H,34,38)(H,36,40)/t20?,21-/m1/s1. The first-order valence-electron chi connectivity index (χ1n) is 13.3. The average molecular weight is 559 g/mol. The molecule has 1 amide bonds. The van der Waals surface area contributed by atoms with Crippen LogP contribution in [-0.2, 0) is 4.79 Å². The van der Waals surface area contributed by atoms with Gasteiger partial charge in [-0.25, -0.2) is 4.39 Å². The Morgan fingerprint density at radius 3 is 2.60 bits per heavy atom. The largest absolute Gasteiger partial charge is 0.329 e. The molecule has 4 aromatic rings. The number of rotatable bonds is 6. The maximum atomic E-state index is 15.6. The van der Waals surface area contributed by atoms with Crippen LogP contribution in [0.5, 0.6) is 0 Å². The smallest absolute Gasteiger partial charge is 0.274 e. The van der Waals surface area contributed by atoms with E-state index in [4.69, 9.17) is 11.6 Å². The lowest BCUT2D eigenvalue weighted by Crippen LogP contribution is -2.23. The van der Waals surface area contributed by atoms with Gasteiger partial charge in [0.05, 0.1) is 17.1 Å². The molecular formula is C31H28ClFN4O3. The van der Waals surface area contributed by atoms with E-state index in [1.165, 1.54) is 10.6 Å². The highest BCUT2D eigenvalue weighted by Gasteiger charge is 2.45. The molecule has 2 fully saturated rings. The first-order chi connectivity index (χ1) is 19.1. The Kier molecular flexibility index (Phi) is 6.26. The van der Waals surface area contributed by atoms with Crippen molar-refractivity contribution >= 4 is 23.2 Å². The van der Waals surface area contributed by atoms with Crippen LogP contribution in [0.15, 0.2) is 64.4 Å². The third-order valence-electron chi connectivity index (χ3n) is 8.19. The Hall–Kier alpha value is -4.04. The highest BCUT2D eigenvalue weighted by atomic mass is 35.5. The number of aromatic nitrogens is 3. The number of carbonyl (C=O) groups excluding carboxylic acids is 1. The van der Waals surface area contributed by atoms with Gasteiger partial charge in [-0.1, -0.05) is 30.7 Å². The van der Waals surface area contributed by atoms with E-state index in [9.17, 15) is 14.4 Å². The number of pyridine rings is 3. The first kappa shape index (κ1) is 26.2. The predicted octanol–water partition coefficient (Wildman–Crippen LogP) is 6.01. The number of anilines is 1. The van der Waals surface area contributed by atoms with Crippen molar-refractivity contribution in [2.45, 2.75) is 51.9 Å². The Morgan fingerprint density at radius 1 is 1.12 bits per heavy atom. The van der Waals surface area contributed by atoms with E-state index in [0.717, 1.165) is 24.8 Å². The predicted molar refractivity (Wildman–Crippen MR) is 153 cm³/mol. The van der Waals surface area contributed by atoms with Crippen molar-refractivity contribution < 1.29 is 9.18 Å². The van der Waals surface area contributed by atoms with E-state index >= 15 is 4.39 Å². The van der Waals surface area contributed by atoms with E-state index in [-0.39, 0.29) is 45.1 Å². The number of nitrogens with one attached hydrogen (secondary N) is 2. The van der Waals surface area contributed by atoms with Crippen LogP contribution in [0.2, 0.25) is 5.02 Å². The van der Waals surface area contributed by atoms with Gasteiger partial charge in [-0.2, -0.15) is 0 Å². The molecule has 1 aromatic carbocycles. The number of nitrogens with zero attached hydrogens (tertiary/aromatic N) is 2. The van der Waals surface area contributed by atoms with Crippen LogP contribution in [0, 0.1) is 25.1 Å². The lowest BCUT2D eigenvalue weighted by atomic mass is 10.0. The van der Waals surface area contributed by atoms with Crippen molar-refractivity contribution in [1.82, 2.24) is 14.5 Å². The first-order valence-corrected chi connectivity index (χ1v) is 13.6. The van der Waals surface area contributed by atoms with Gasteiger partial charge in [0.2, 0.25) is 5.91 Å². The molecule has 204 valence electrons. The fraction of sp³-hybridized carbons (Fsp3) is 0.290. The molecule has 0 radical (unpaired) electrons. The minimum absolute atomic E-state index is 0.00427. The summed E-state index contributed by atoms with van der Waals surface area (Å²) in [5.74, 6) is -0.802. The van der Waals surface area contributed by atoms with Crippen LogP contribution in [0.3, 0.4) is 0 Å². The number of benzene rings is 1. The van der Waals surface area contributed by atoms with Crippen molar-refractivity contribution in [2.24, 2.45) is 5.41 Å². The van der Waals surface area contributed by atoms with Gasteiger partial charge >= 0.3 is 0 Å². The number of H-pyrrole nitrogens is 1. The molecule has 0 aliphatic heterocycles. The Labute approximate surface area is 235 Å². The Bertz CT molecular complexity index is 1810. The van der Waals surface area contributed by atoms with Crippen molar-refractivity contribution in [3.63, 3.8) is 0 Å².